The van der Waals surface area contributed by atoms with Gasteiger partial charge in [-0.1, -0.05) is 0 Å². The molecule has 3 N–H and O–H groups in total. The van der Waals surface area contributed by atoms with Gasteiger partial charge >= 0.3 is 6.18 Å². The molecule has 21 heavy (non-hydrogen) atoms. The van der Waals surface area contributed by atoms with Gasteiger partial charge in [-0.05, 0) is 12.1 Å². The number of aromatic nitrogens is 3. The number of nitrogens with zero attached hydrogens (tertiary/aromatic N) is 3. The minimum atomic E-state index is -4.71. The molecule has 1 amide bonds. The Balaban J connectivity index is 2.22. The number of pyridine rings is 1. The fourth-order valence-electron chi connectivity index (χ4n) is 1.34. The van der Waals surface area contributed by atoms with E-state index in [4.69, 9.17) is 5.73 Å². The molecule has 0 atom stereocenters. The van der Waals surface area contributed by atoms with Gasteiger partial charge in [-0.2, -0.15) is 13.2 Å². The number of carbonyl (C=O) groups excluding carboxylic acids is 1. The Morgan fingerprint density at radius 1 is 1.19 bits per heavy atom. The smallest absolute Gasteiger partial charge is 0.382 e. The normalized spacial score (nSPS) is 11.2. The zero-order chi connectivity index (χ0) is 15.6. The van der Waals surface area contributed by atoms with Gasteiger partial charge in [0.2, 0.25) is 0 Å². The highest BCUT2D eigenvalue weighted by molar-refractivity contribution is 6.05. The van der Waals surface area contributed by atoms with E-state index in [0.29, 0.717) is 6.20 Å². The zero-order valence-corrected chi connectivity index (χ0v) is 10.1. The third-order valence-corrected chi connectivity index (χ3v) is 2.27. The van der Waals surface area contributed by atoms with Gasteiger partial charge in [0.15, 0.2) is 17.2 Å². The van der Waals surface area contributed by atoms with Crippen LogP contribution in [0.25, 0.3) is 0 Å². The number of nitrogen functional groups attached to an aromatic ring is 1. The van der Waals surface area contributed by atoms with Gasteiger partial charge in [0.25, 0.3) is 5.91 Å². The lowest BCUT2D eigenvalue weighted by molar-refractivity contribution is -0.141. The number of nitrogens with two attached hydrogens (primary N) is 1. The van der Waals surface area contributed by atoms with Crippen molar-refractivity contribution in [2.45, 2.75) is 6.18 Å². The summed E-state index contributed by atoms with van der Waals surface area (Å²) in [6, 6.07) is 2.21. The van der Waals surface area contributed by atoms with Crippen LogP contribution in [0.2, 0.25) is 0 Å². The van der Waals surface area contributed by atoms with Crippen LogP contribution in [0.3, 0.4) is 0 Å². The Labute approximate surface area is 115 Å². The molecule has 0 aliphatic rings. The number of halogens is 4. The highest BCUT2D eigenvalue weighted by Gasteiger charge is 2.34. The van der Waals surface area contributed by atoms with Crippen molar-refractivity contribution in [3.05, 3.63) is 41.7 Å². The van der Waals surface area contributed by atoms with Gasteiger partial charge < -0.3 is 11.1 Å². The van der Waals surface area contributed by atoms with Crippen LogP contribution in [0.4, 0.5) is 29.2 Å². The number of nitrogens with one attached hydrogen (secondary N) is 1. The Morgan fingerprint density at radius 2 is 1.90 bits per heavy atom. The Bertz CT molecular complexity index is 671. The van der Waals surface area contributed by atoms with Crippen molar-refractivity contribution in [3.63, 3.8) is 0 Å². The first kappa shape index (κ1) is 14.6. The van der Waals surface area contributed by atoms with E-state index in [1.54, 1.807) is 0 Å². The lowest BCUT2D eigenvalue weighted by Crippen LogP contribution is -2.19. The van der Waals surface area contributed by atoms with E-state index >= 15 is 0 Å². The van der Waals surface area contributed by atoms with Crippen molar-refractivity contribution < 1.29 is 22.4 Å². The van der Waals surface area contributed by atoms with Crippen LogP contribution in [0.15, 0.2) is 24.5 Å². The van der Waals surface area contributed by atoms with E-state index in [1.807, 2.05) is 0 Å². The third-order valence-electron chi connectivity index (χ3n) is 2.27. The zero-order valence-electron chi connectivity index (χ0n) is 10.1. The molecule has 0 aliphatic carbocycles. The van der Waals surface area contributed by atoms with Gasteiger partial charge in [-0.3, -0.25) is 4.79 Å². The predicted molar refractivity (Wildman–Crippen MR) is 63.6 cm³/mol. The lowest BCUT2D eigenvalue weighted by Gasteiger charge is -2.09. The van der Waals surface area contributed by atoms with Crippen LogP contribution in [0, 0.1) is 5.82 Å². The van der Waals surface area contributed by atoms with Gasteiger partial charge in [-0.25, -0.2) is 19.3 Å². The molecule has 0 fully saturated rings. The summed E-state index contributed by atoms with van der Waals surface area (Å²) in [6.07, 6.45) is -3.46. The molecule has 6 nitrogen and oxygen atoms in total. The summed E-state index contributed by atoms with van der Waals surface area (Å²) in [5.41, 5.74) is 3.48. The fraction of sp³-hybridized carbons (Fsp3) is 0.0909. The number of carbonyl (C=O) groups is 1. The van der Waals surface area contributed by atoms with Gasteiger partial charge in [0.05, 0.1) is 12.4 Å². The number of rotatable bonds is 2. The predicted octanol–water partition coefficient (Wildman–Crippen LogP) is 1.86. The molecule has 2 aromatic rings. The molecule has 0 unspecified atom stereocenters. The van der Waals surface area contributed by atoms with E-state index in [2.05, 4.69) is 20.3 Å². The number of anilines is 2. The summed E-state index contributed by atoms with van der Waals surface area (Å²) < 4.78 is 49.8. The number of hydrogen-bond acceptors (Lipinski definition) is 5. The van der Waals surface area contributed by atoms with Gasteiger partial charge in [-0.15, -0.1) is 0 Å². The summed E-state index contributed by atoms with van der Waals surface area (Å²) in [7, 11) is 0. The van der Waals surface area contributed by atoms with Crippen molar-refractivity contribution in [3.8, 4) is 0 Å². The third kappa shape index (κ3) is 3.41. The Kier molecular flexibility index (Phi) is 3.70. The molecule has 0 radical (unpaired) electrons. The average Bonchev–Trinajstić information content (AvgIpc) is 2.40. The van der Waals surface area contributed by atoms with E-state index in [-0.39, 0.29) is 5.82 Å². The Hall–Kier alpha value is -2.78. The monoisotopic (exact) mass is 301 g/mol. The first-order valence-electron chi connectivity index (χ1n) is 5.40. The summed E-state index contributed by atoms with van der Waals surface area (Å²) in [5, 5.41) is 2.20. The second-order valence-electron chi connectivity index (χ2n) is 3.80. The van der Waals surface area contributed by atoms with Crippen molar-refractivity contribution in [1.29, 1.82) is 0 Å². The van der Waals surface area contributed by atoms with Crippen molar-refractivity contribution in [2.75, 3.05) is 11.1 Å². The number of amides is 1. The largest absolute Gasteiger partial charge is 0.434 e. The molecule has 0 saturated heterocycles. The lowest BCUT2D eigenvalue weighted by atomic mass is 10.3. The molecule has 0 aliphatic heterocycles. The van der Waals surface area contributed by atoms with Crippen LogP contribution in [-0.4, -0.2) is 20.9 Å². The van der Waals surface area contributed by atoms with Gasteiger partial charge in [0, 0.05) is 0 Å². The van der Waals surface area contributed by atoms with Crippen LogP contribution < -0.4 is 11.1 Å². The average molecular weight is 301 g/mol. The van der Waals surface area contributed by atoms with Crippen LogP contribution in [-0.2, 0) is 6.18 Å². The van der Waals surface area contributed by atoms with E-state index in [0.717, 1.165) is 12.3 Å². The molecular formula is C11H7F4N5O. The maximum absolute atomic E-state index is 12.6. The molecule has 0 spiro atoms. The van der Waals surface area contributed by atoms with Crippen LogP contribution >= 0.6 is 0 Å². The maximum atomic E-state index is 12.6. The quantitative estimate of drug-likeness (QED) is 0.826. The summed E-state index contributed by atoms with van der Waals surface area (Å²) in [6.45, 7) is 0. The minimum absolute atomic E-state index is 0.0116. The molecule has 0 aromatic carbocycles. The molecule has 2 aromatic heterocycles. The molecule has 2 heterocycles. The molecule has 110 valence electrons. The first-order valence-corrected chi connectivity index (χ1v) is 5.40. The van der Waals surface area contributed by atoms with E-state index in [9.17, 15) is 22.4 Å². The minimum Gasteiger partial charge on any atom is -0.382 e. The maximum Gasteiger partial charge on any atom is 0.434 e. The highest BCUT2D eigenvalue weighted by atomic mass is 19.4. The highest BCUT2D eigenvalue weighted by Crippen LogP contribution is 2.27. The second-order valence-corrected chi connectivity index (χ2v) is 3.80. The Morgan fingerprint density at radius 3 is 2.43 bits per heavy atom. The molecule has 0 bridgehead atoms. The van der Waals surface area contributed by atoms with Crippen LogP contribution in [0.1, 0.15) is 16.2 Å². The molecular weight excluding hydrogens is 294 g/mol. The second kappa shape index (κ2) is 5.31. The van der Waals surface area contributed by atoms with E-state index in [1.165, 1.54) is 6.07 Å². The summed E-state index contributed by atoms with van der Waals surface area (Å²) in [5.74, 6) is -2.21. The number of hydrogen-bond donors (Lipinski definition) is 2. The topological polar surface area (TPSA) is 93.8 Å². The van der Waals surface area contributed by atoms with Crippen molar-refractivity contribution >= 4 is 17.5 Å². The van der Waals surface area contributed by atoms with E-state index < -0.39 is 35.1 Å². The van der Waals surface area contributed by atoms with Crippen LogP contribution in [0.5, 0.6) is 0 Å². The standard InChI is InChI=1S/C11H7F4N5O/c12-5-1-2-7(17-3-5)20-10(21)8-9(16)19-6(4-18-8)11(13,14)15/h1-4H,(H2,16,19)(H,17,20,21). The first-order chi connectivity index (χ1) is 9.77. The fourth-order valence-corrected chi connectivity index (χ4v) is 1.34. The molecule has 0 saturated carbocycles. The van der Waals surface area contributed by atoms with Gasteiger partial charge in [0.1, 0.15) is 11.6 Å². The number of alkyl halides is 3. The molecule has 10 heteroatoms. The summed E-state index contributed by atoms with van der Waals surface area (Å²) in [4.78, 5) is 21.7. The summed E-state index contributed by atoms with van der Waals surface area (Å²) >= 11 is 0. The SMILES string of the molecule is Nc1nc(C(F)(F)F)cnc1C(=O)Nc1ccc(F)cn1. The van der Waals surface area contributed by atoms with Crippen molar-refractivity contribution in [1.82, 2.24) is 15.0 Å². The molecule has 2 rings (SSSR count). The van der Waals surface area contributed by atoms with Crippen molar-refractivity contribution in [2.24, 2.45) is 0 Å².